The second kappa shape index (κ2) is 1.46. The molecule has 0 bridgehead atoms. The van der Waals surface area contributed by atoms with Crippen LogP contribution in [0.1, 0.15) is 13.8 Å². The predicted octanol–water partition coefficient (Wildman–Crippen LogP) is -0.340. The zero-order valence-corrected chi connectivity index (χ0v) is 5.52. The van der Waals surface area contributed by atoms with Crippen molar-refractivity contribution in [3.8, 4) is 0 Å². The highest BCUT2D eigenvalue weighted by molar-refractivity contribution is 6.43. The summed E-state index contributed by atoms with van der Waals surface area (Å²) in [5.74, 6) is 0.292. The topological polar surface area (TPSA) is 74.3 Å². The van der Waals surface area contributed by atoms with E-state index < -0.39 is 0 Å². The van der Waals surface area contributed by atoms with Crippen LogP contribution >= 0.6 is 0 Å². The molecule has 4 nitrogen and oxygen atoms in total. The smallest absolute Gasteiger partial charge is 0.166 e. The first-order chi connectivity index (χ1) is 4.04. The third-order valence-electron chi connectivity index (χ3n) is 1.34. The molecule has 0 aliphatic carbocycles. The molecular weight excluding hydrogens is 116 g/mol. The van der Waals surface area contributed by atoms with Gasteiger partial charge in [-0.15, -0.1) is 0 Å². The lowest BCUT2D eigenvalue weighted by molar-refractivity contribution is 0.547. The molecule has 4 N–H and O–H groups in total. The van der Waals surface area contributed by atoms with Gasteiger partial charge in [0, 0.05) is 0 Å². The summed E-state index contributed by atoms with van der Waals surface area (Å²) in [5.41, 5.74) is 8.04. The maximum atomic E-state index is 7.34. The maximum Gasteiger partial charge on any atom is 0.166 e. The van der Waals surface area contributed by atoms with Gasteiger partial charge >= 0.3 is 0 Å². The molecule has 0 aromatic heterocycles. The van der Waals surface area contributed by atoms with Gasteiger partial charge in [0.2, 0.25) is 0 Å². The molecule has 1 aliphatic rings. The van der Waals surface area contributed by atoms with Crippen LogP contribution in [0.2, 0.25) is 0 Å². The molecule has 0 amide bonds. The lowest BCUT2D eigenvalue weighted by Gasteiger charge is -2.15. The lowest BCUT2D eigenvalue weighted by Crippen LogP contribution is -2.41. The predicted molar refractivity (Wildman–Crippen MR) is 36.6 cm³/mol. The molecule has 0 saturated carbocycles. The summed E-state index contributed by atoms with van der Waals surface area (Å²) in [5, 5.41) is 11.0. The largest absolute Gasteiger partial charge is 0.381 e. The number of nitrogens with one attached hydrogen (secondary N) is 2. The fourth-order valence-electron chi connectivity index (χ4n) is 0.632. The van der Waals surface area contributed by atoms with Gasteiger partial charge in [-0.25, -0.2) is 0 Å². The Morgan fingerprint density at radius 3 is 2.33 bits per heavy atom. The van der Waals surface area contributed by atoms with Crippen molar-refractivity contribution in [1.29, 1.82) is 5.41 Å². The summed E-state index contributed by atoms with van der Waals surface area (Å²) < 4.78 is 0. The SMILES string of the molecule is CC1(C)NN=C(N)C1=N. The normalized spacial score (nSPS) is 23.3. The van der Waals surface area contributed by atoms with E-state index in [2.05, 4.69) is 10.5 Å². The molecule has 50 valence electrons. The van der Waals surface area contributed by atoms with Crippen molar-refractivity contribution in [2.24, 2.45) is 10.8 Å². The zero-order valence-electron chi connectivity index (χ0n) is 5.52. The Bertz CT molecular complexity index is 179. The van der Waals surface area contributed by atoms with Crippen LogP contribution in [-0.2, 0) is 0 Å². The Hall–Kier alpha value is -1.06. The second-order valence-electron chi connectivity index (χ2n) is 2.61. The van der Waals surface area contributed by atoms with Gasteiger partial charge in [-0.3, -0.25) is 10.8 Å². The number of nitrogens with two attached hydrogens (primary N) is 1. The summed E-state index contributed by atoms with van der Waals surface area (Å²) in [6.45, 7) is 3.72. The van der Waals surface area contributed by atoms with Crippen molar-refractivity contribution >= 4 is 11.5 Å². The number of nitrogens with zero attached hydrogens (tertiary/aromatic N) is 1. The van der Waals surface area contributed by atoms with E-state index in [9.17, 15) is 0 Å². The van der Waals surface area contributed by atoms with Crippen LogP contribution in [0.3, 0.4) is 0 Å². The van der Waals surface area contributed by atoms with E-state index in [1.165, 1.54) is 0 Å². The van der Waals surface area contributed by atoms with E-state index >= 15 is 0 Å². The highest BCUT2D eigenvalue weighted by Crippen LogP contribution is 2.08. The van der Waals surface area contributed by atoms with Gasteiger partial charge in [0.05, 0.1) is 5.54 Å². The average molecular weight is 126 g/mol. The molecule has 0 fully saturated rings. The van der Waals surface area contributed by atoms with Crippen molar-refractivity contribution < 1.29 is 0 Å². The molecule has 0 saturated heterocycles. The lowest BCUT2D eigenvalue weighted by atomic mass is 10.0. The van der Waals surface area contributed by atoms with Crippen molar-refractivity contribution in [3.05, 3.63) is 0 Å². The third kappa shape index (κ3) is 0.759. The standard InChI is InChI=1S/C5H10N4/c1-5(2)3(6)4(7)8-9-5/h6,9H,1-2H3,(H2,7,8). The summed E-state index contributed by atoms with van der Waals surface area (Å²) in [6.07, 6.45) is 0. The van der Waals surface area contributed by atoms with E-state index in [4.69, 9.17) is 11.1 Å². The zero-order chi connectivity index (χ0) is 7.07. The monoisotopic (exact) mass is 126 g/mol. The van der Waals surface area contributed by atoms with Gasteiger partial charge in [-0.05, 0) is 13.8 Å². The van der Waals surface area contributed by atoms with E-state index in [1.807, 2.05) is 13.8 Å². The molecule has 1 rings (SSSR count). The first-order valence-electron chi connectivity index (χ1n) is 2.74. The number of hydrazone groups is 1. The molecule has 0 spiro atoms. The Morgan fingerprint density at radius 1 is 1.67 bits per heavy atom. The van der Waals surface area contributed by atoms with Gasteiger partial charge in [0.1, 0.15) is 5.71 Å². The van der Waals surface area contributed by atoms with E-state index in [-0.39, 0.29) is 5.54 Å². The van der Waals surface area contributed by atoms with Crippen LogP contribution in [0.25, 0.3) is 0 Å². The van der Waals surface area contributed by atoms with Crippen LogP contribution in [0.15, 0.2) is 5.10 Å². The second-order valence-corrected chi connectivity index (χ2v) is 2.61. The van der Waals surface area contributed by atoms with Crippen molar-refractivity contribution in [3.63, 3.8) is 0 Å². The summed E-state index contributed by atoms with van der Waals surface area (Å²) in [4.78, 5) is 0. The van der Waals surface area contributed by atoms with E-state index in [1.54, 1.807) is 0 Å². The first kappa shape index (κ1) is 6.07. The highest BCUT2D eigenvalue weighted by atomic mass is 15.4. The van der Waals surface area contributed by atoms with Crippen LogP contribution in [0.5, 0.6) is 0 Å². The molecule has 0 radical (unpaired) electrons. The van der Waals surface area contributed by atoms with Crippen LogP contribution in [0.4, 0.5) is 0 Å². The van der Waals surface area contributed by atoms with Crippen molar-refractivity contribution in [2.45, 2.75) is 19.4 Å². The van der Waals surface area contributed by atoms with Crippen molar-refractivity contribution in [2.75, 3.05) is 0 Å². The minimum atomic E-state index is -0.371. The quantitative estimate of drug-likeness (QED) is 0.415. The number of amidine groups is 1. The molecule has 1 heterocycles. The highest BCUT2D eigenvalue weighted by Gasteiger charge is 2.30. The molecule has 0 aromatic carbocycles. The number of hydrogen-bond donors (Lipinski definition) is 3. The van der Waals surface area contributed by atoms with Gasteiger partial charge < -0.3 is 5.73 Å². The van der Waals surface area contributed by atoms with Crippen LogP contribution in [-0.4, -0.2) is 17.1 Å². The van der Waals surface area contributed by atoms with Crippen molar-refractivity contribution in [1.82, 2.24) is 5.43 Å². The molecular formula is C5H10N4. The third-order valence-corrected chi connectivity index (χ3v) is 1.34. The minimum Gasteiger partial charge on any atom is -0.381 e. The minimum absolute atomic E-state index is 0.292. The molecule has 0 unspecified atom stereocenters. The molecule has 4 heteroatoms. The maximum absolute atomic E-state index is 7.34. The van der Waals surface area contributed by atoms with Crippen LogP contribution < -0.4 is 11.2 Å². The van der Waals surface area contributed by atoms with Crippen LogP contribution in [0, 0.1) is 5.41 Å². The molecule has 9 heavy (non-hydrogen) atoms. The summed E-state index contributed by atoms with van der Waals surface area (Å²) in [6, 6.07) is 0. The Balaban J connectivity index is 2.86. The molecule has 0 atom stereocenters. The van der Waals surface area contributed by atoms with Gasteiger partial charge in [0.15, 0.2) is 5.84 Å². The number of rotatable bonds is 0. The van der Waals surface area contributed by atoms with Gasteiger partial charge in [-0.1, -0.05) is 0 Å². The Kier molecular flexibility index (Phi) is 0.986. The number of hydrogen-bond acceptors (Lipinski definition) is 4. The Labute approximate surface area is 53.6 Å². The van der Waals surface area contributed by atoms with Gasteiger partial charge in [-0.2, -0.15) is 5.10 Å². The average Bonchev–Trinajstić information content (AvgIpc) is 1.97. The fourth-order valence-corrected chi connectivity index (χ4v) is 0.632. The summed E-state index contributed by atoms with van der Waals surface area (Å²) in [7, 11) is 0. The van der Waals surface area contributed by atoms with E-state index in [0.29, 0.717) is 11.5 Å². The Morgan fingerprint density at radius 2 is 2.22 bits per heavy atom. The first-order valence-corrected chi connectivity index (χ1v) is 2.74. The molecule has 0 aromatic rings. The van der Waals surface area contributed by atoms with E-state index in [0.717, 1.165) is 0 Å². The molecule has 1 aliphatic heterocycles. The van der Waals surface area contributed by atoms with Gasteiger partial charge in [0.25, 0.3) is 0 Å². The fraction of sp³-hybridized carbons (Fsp3) is 0.600. The summed E-state index contributed by atoms with van der Waals surface area (Å²) >= 11 is 0.